The standard InChI is InChI=1S/C26H32F2N4O3/c1-6-26(15(2)3,25(27)28)14-35-24-16(4)9-18(13-30-24)12-29-22(33)20-10-17(5)31-21(11-20)32-23(34)19-7-8-19/h9-11,13,19,25H,2,6-8,12,14H2,1,3-5H3,(H,29,33)(H,31,32,34). The molecule has 0 saturated heterocycles. The Balaban J connectivity index is 1.62. The molecule has 3 rings (SSSR count). The Kier molecular flexibility index (Phi) is 8.19. The summed E-state index contributed by atoms with van der Waals surface area (Å²) in [7, 11) is 0. The van der Waals surface area contributed by atoms with Crippen molar-refractivity contribution in [1.29, 1.82) is 0 Å². The fourth-order valence-corrected chi connectivity index (χ4v) is 3.72. The van der Waals surface area contributed by atoms with E-state index in [-0.39, 0.29) is 43.2 Å². The van der Waals surface area contributed by atoms with Gasteiger partial charge in [-0.1, -0.05) is 19.1 Å². The van der Waals surface area contributed by atoms with E-state index in [1.54, 1.807) is 52.1 Å². The van der Waals surface area contributed by atoms with Crippen molar-refractivity contribution < 1.29 is 23.1 Å². The Morgan fingerprint density at radius 2 is 1.97 bits per heavy atom. The molecule has 188 valence electrons. The molecule has 0 aromatic carbocycles. The second-order valence-electron chi connectivity index (χ2n) is 9.17. The quantitative estimate of drug-likeness (QED) is 0.437. The van der Waals surface area contributed by atoms with E-state index < -0.39 is 11.8 Å². The molecular formula is C26H32F2N4O3. The summed E-state index contributed by atoms with van der Waals surface area (Å²) in [6.45, 7) is 10.5. The van der Waals surface area contributed by atoms with E-state index in [1.165, 1.54) is 0 Å². The zero-order valence-electron chi connectivity index (χ0n) is 20.6. The van der Waals surface area contributed by atoms with Crippen LogP contribution in [-0.4, -0.2) is 34.8 Å². The highest BCUT2D eigenvalue weighted by Crippen LogP contribution is 2.37. The second kappa shape index (κ2) is 10.9. The molecule has 2 aromatic rings. The van der Waals surface area contributed by atoms with Crippen LogP contribution in [0.2, 0.25) is 0 Å². The summed E-state index contributed by atoms with van der Waals surface area (Å²) >= 11 is 0. The number of nitrogens with zero attached hydrogens (tertiary/aromatic N) is 2. The smallest absolute Gasteiger partial charge is 0.251 e. The van der Waals surface area contributed by atoms with Crippen LogP contribution in [0.5, 0.6) is 5.88 Å². The summed E-state index contributed by atoms with van der Waals surface area (Å²) in [5.74, 6) is 0.257. The number of amides is 2. The molecule has 2 amide bonds. The third-order valence-corrected chi connectivity index (χ3v) is 6.32. The summed E-state index contributed by atoms with van der Waals surface area (Å²) in [4.78, 5) is 33.3. The largest absolute Gasteiger partial charge is 0.476 e. The van der Waals surface area contributed by atoms with Crippen LogP contribution in [0.3, 0.4) is 0 Å². The number of hydrogen-bond acceptors (Lipinski definition) is 5. The lowest BCUT2D eigenvalue weighted by Crippen LogP contribution is -2.36. The van der Waals surface area contributed by atoms with Gasteiger partial charge in [0.15, 0.2) is 0 Å². The highest BCUT2D eigenvalue weighted by Gasteiger charge is 2.40. The number of halogens is 2. The van der Waals surface area contributed by atoms with Gasteiger partial charge in [0.1, 0.15) is 12.4 Å². The van der Waals surface area contributed by atoms with Gasteiger partial charge in [-0.3, -0.25) is 9.59 Å². The summed E-state index contributed by atoms with van der Waals surface area (Å²) < 4.78 is 33.1. The van der Waals surface area contributed by atoms with Crippen molar-refractivity contribution in [3.8, 4) is 5.88 Å². The number of alkyl halides is 2. The van der Waals surface area contributed by atoms with Crippen molar-refractivity contribution in [1.82, 2.24) is 15.3 Å². The van der Waals surface area contributed by atoms with Crippen LogP contribution >= 0.6 is 0 Å². The number of carbonyl (C=O) groups is 2. The summed E-state index contributed by atoms with van der Waals surface area (Å²) in [5.41, 5.74) is 1.34. The number of nitrogens with one attached hydrogen (secondary N) is 2. The molecule has 0 radical (unpaired) electrons. The number of ether oxygens (including phenoxy) is 1. The van der Waals surface area contributed by atoms with Gasteiger partial charge in [0.2, 0.25) is 11.8 Å². The minimum Gasteiger partial charge on any atom is -0.476 e. The predicted octanol–water partition coefficient (Wildman–Crippen LogP) is 4.99. The molecule has 1 aliphatic rings. The lowest BCUT2D eigenvalue weighted by molar-refractivity contribution is -0.117. The molecule has 1 fully saturated rings. The molecule has 7 nitrogen and oxygen atoms in total. The molecular weight excluding hydrogens is 454 g/mol. The van der Waals surface area contributed by atoms with Crippen molar-refractivity contribution in [3.05, 3.63) is 58.9 Å². The van der Waals surface area contributed by atoms with Crippen molar-refractivity contribution >= 4 is 17.6 Å². The van der Waals surface area contributed by atoms with Crippen LogP contribution in [0.4, 0.5) is 14.6 Å². The molecule has 0 aliphatic heterocycles. The molecule has 9 heteroatoms. The average molecular weight is 487 g/mol. The van der Waals surface area contributed by atoms with Gasteiger partial charge >= 0.3 is 0 Å². The number of hydrogen-bond donors (Lipinski definition) is 2. The van der Waals surface area contributed by atoms with E-state index in [0.717, 1.165) is 18.4 Å². The van der Waals surface area contributed by atoms with Gasteiger partial charge in [-0.25, -0.2) is 18.7 Å². The Hall–Kier alpha value is -3.36. The normalized spacial score (nSPS) is 14.8. The number of rotatable bonds is 11. The first-order chi connectivity index (χ1) is 16.6. The number of aryl methyl sites for hydroxylation is 2. The van der Waals surface area contributed by atoms with Gasteiger partial charge in [0, 0.05) is 35.5 Å². The van der Waals surface area contributed by atoms with Crippen LogP contribution in [0.1, 0.15) is 60.3 Å². The number of pyridine rings is 2. The first kappa shape index (κ1) is 26.2. The maximum absolute atomic E-state index is 13.7. The topological polar surface area (TPSA) is 93.2 Å². The monoisotopic (exact) mass is 486 g/mol. The van der Waals surface area contributed by atoms with E-state index in [0.29, 0.717) is 28.2 Å². The van der Waals surface area contributed by atoms with Crippen LogP contribution in [-0.2, 0) is 11.3 Å². The van der Waals surface area contributed by atoms with Crippen molar-refractivity contribution in [2.45, 2.75) is 59.9 Å². The van der Waals surface area contributed by atoms with E-state index in [4.69, 9.17) is 4.74 Å². The third-order valence-electron chi connectivity index (χ3n) is 6.32. The molecule has 0 spiro atoms. The minimum atomic E-state index is -2.60. The maximum atomic E-state index is 13.7. The van der Waals surface area contributed by atoms with Gasteiger partial charge in [0.05, 0.1) is 5.41 Å². The van der Waals surface area contributed by atoms with Crippen LogP contribution in [0, 0.1) is 25.2 Å². The second-order valence-corrected chi connectivity index (χ2v) is 9.17. The Morgan fingerprint density at radius 3 is 2.54 bits per heavy atom. The van der Waals surface area contributed by atoms with Crippen molar-refractivity contribution in [2.24, 2.45) is 11.3 Å². The first-order valence-electron chi connectivity index (χ1n) is 11.7. The Labute approximate surface area is 204 Å². The lowest BCUT2D eigenvalue weighted by atomic mass is 9.80. The van der Waals surface area contributed by atoms with Crippen LogP contribution < -0.4 is 15.4 Å². The van der Waals surface area contributed by atoms with E-state index >= 15 is 0 Å². The van der Waals surface area contributed by atoms with Crippen LogP contribution in [0.15, 0.2) is 36.5 Å². The summed E-state index contributed by atoms with van der Waals surface area (Å²) in [6, 6.07) is 4.99. The molecule has 2 N–H and O–H groups in total. The SMILES string of the molecule is C=C(C)C(CC)(COc1ncc(CNC(=O)c2cc(C)nc(NC(=O)C3CC3)c2)cc1C)C(F)F. The fraction of sp³-hybridized carbons (Fsp3) is 0.462. The molecule has 1 aliphatic carbocycles. The summed E-state index contributed by atoms with van der Waals surface area (Å²) in [6.07, 6.45) is 0.894. The average Bonchev–Trinajstić information content (AvgIpc) is 3.64. The number of aromatic nitrogens is 2. The predicted molar refractivity (Wildman–Crippen MR) is 130 cm³/mol. The van der Waals surface area contributed by atoms with Gasteiger partial charge in [0.25, 0.3) is 12.3 Å². The molecule has 1 saturated carbocycles. The first-order valence-corrected chi connectivity index (χ1v) is 11.7. The van der Waals surface area contributed by atoms with Gasteiger partial charge < -0.3 is 15.4 Å². The molecule has 1 atom stereocenters. The zero-order valence-corrected chi connectivity index (χ0v) is 20.6. The van der Waals surface area contributed by atoms with E-state index in [9.17, 15) is 18.4 Å². The highest BCUT2D eigenvalue weighted by atomic mass is 19.3. The molecule has 0 bridgehead atoms. The molecule has 1 unspecified atom stereocenters. The number of anilines is 1. The van der Waals surface area contributed by atoms with E-state index in [2.05, 4.69) is 27.2 Å². The van der Waals surface area contributed by atoms with Crippen molar-refractivity contribution in [3.63, 3.8) is 0 Å². The van der Waals surface area contributed by atoms with Gasteiger partial charge in [-0.15, -0.1) is 0 Å². The molecule has 2 heterocycles. The molecule has 35 heavy (non-hydrogen) atoms. The Morgan fingerprint density at radius 1 is 1.26 bits per heavy atom. The maximum Gasteiger partial charge on any atom is 0.251 e. The zero-order chi connectivity index (χ0) is 25.8. The summed E-state index contributed by atoms with van der Waals surface area (Å²) in [5, 5.41) is 5.59. The van der Waals surface area contributed by atoms with Gasteiger partial charge in [-0.05, 0) is 63.8 Å². The minimum absolute atomic E-state index is 0.0341. The lowest BCUT2D eigenvalue weighted by Gasteiger charge is -2.32. The van der Waals surface area contributed by atoms with E-state index in [1.807, 2.05) is 0 Å². The third kappa shape index (κ3) is 6.41. The highest BCUT2D eigenvalue weighted by molar-refractivity contribution is 5.97. The van der Waals surface area contributed by atoms with Crippen molar-refractivity contribution in [2.75, 3.05) is 11.9 Å². The molecule has 2 aromatic heterocycles. The Bertz CT molecular complexity index is 1120. The van der Waals surface area contributed by atoms with Crippen LogP contribution in [0.25, 0.3) is 0 Å². The van der Waals surface area contributed by atoms with Gasteiger partial charge in [-0.2, -0.15) is 0 Å². The fourth-order valence-electron chi connectivity index (χ4n) is 3.72. The number of carbonyl (C=O) groups excluding carboxylic acids is 2.